The van der Waals surface area contributed by atoms with Crippen LogP contribution in [-0.2, 0) is 9.53 Å². The Balaban J connectivity index is 1.83. The Bertz CT molecular complexity index is 1740. The predicted octanol–water partition coefficient (Wildman–Crippen LogP) is 4.61. The number of ether oxygens (including phenoxy) is 3. The molecule has 1 atom stereocenters. The zero-order valence-corrected chi connectivity index (χ0v) is 23.1. The Labute approximate surface area is 233 Å². The van der Waals surface area contributed by atoms with Crippen LogP contribution in [0.15, 0.2) is 88.2 Å². The van der Waals surface area contributed by atoms with E-state index in [1.54, 1.807) is 62.1 Å². The summed E-state index contributed by atoms with van der Waals surface area (Å²) in [4.78, 5) is 32.8. The summed E-state index contributed by atoms with van der Waals surface area (Å²) in [6, 6.07) is 21.1. The van der Waals surface area contributed by atoms with E-state index in [1.807, 2.05) is 42.5 Å². The van der Waals surface area contributed by atoms with Gasteiger partial charge in [-0.25, -0.2) is 9.79 Å². The minimum atomic E-state index is -0.776. The molecule has 1 aromatic heterocycles. The number of nitrogens with zero attached hydrogens (tertiary/aromatic N) is 2. The molecule has 1 aliphatic rings. The number of aromatic nitrogens is 1. The molecule has 0 radical (unpaired) electrons. The minimum absolute atomic E-state index is 0.178. The van der Waals surface area contributed by atoms with Gasteiger partial charge >= 0.3 is 5.97 Å². The molecule has 0 saturated carbocycles. The van der Waals surface area contributed by atoms with Crippen LogP contribution in [0.4, 0.5) is 0 Å². The number of carbonyl (C=O) groups is 1. The zero-order chi connectivity index (χ0) is 27.5. The highest BCUT2D eigenvalue weighted by molar-refractivity contribution is 7.07. The van der Waals surface area contributed by atoms with Gasteiger partial charge in [-0.05, 0) is 48.9 Å². The molecule has 4 aromatic rings. The van der Waals surface area contributed by atoms with Gasteiger partial charge < -0.3 is 14.2 Å². The molecule has 3 aromatic carbocycles. The standard InChI is InChI=1S/C30H25ClN2O5S/c1-4-38-29(35)25-26(18-8-6-5-7-9-18)32-30-33(27(25)19-10-12-21(31)13-11-19)28(34)24(39-30)17-20-16-22(36-2)14-15-23(20)37-3/h5-17,27H,4H2,1-3H3/b24-17-. The molecule has 0 fully saturated rings. The van der Waals surface area contributed by atoms with Crippen LogP contribution in [0.25, 0.3) is 11.8 Å². The highest BCUT2D eigenvalue weighted by Crippen LogP contribution is 2.35. The number of methoxy groups -OCH3 is 2. The summed E-state index contributed by atoms with van der Waals surface area (Å²) < 4.78 is 18.3. The Morgan fingerprint density at radius 1 is 1.05 bits per heavy atom. The molecule has 1 unspecified atom stereocenters. The first-order chi connectivity index (χ1) is 18.9. The first-order valence-electron chi connectivity index (χ1n) is 12.2. The highest BCUT2D eigenvalue weighted by Gasteiger charge is 2.35. The van der Waals surface area contributed by atoms with Crippen LogP contribution in [0.1, 0.15) is 29.7 Å². The lowest BCUT2D eigenvalue weighted by molar-refractivity contribution is -0.138. The molecular weight excluding hydrogens is 536 g/mol. The fourth-order valence-corrected chi connectivity index (χ4v) is 5.61. The van der Waals surface area contributed by atoms with Gasteiger partial charge in [0.1, 0.15) is 11.5 Å². The second-order valence-electron chi connectivity index (χ2n) is 8.59. The molecule has 0 N–H and O–H groups in total. The molecule has 0 spiro atoms. The summed E-state index contributed by atoms with van der Waals surface area (Å²) in [6.07, 6.45) is 1.75. The maximum Gasteiger partial charge on any atom is 0.338 e. The predicted molar refractivity (Wildman–Crippen MR) is 152 cm³/mol. The Kier molecular flexibility index (Phi) is 7.67. The first-order valence-corrected chi connectivity index (χ1v) is 13.4. The van der Waals surface area contributed by atoms with E-state index in [1.165, 1.54) is 11.3 Å². The summed E-state index contributed by atoms with van der Waals surface area (Å²) in [5.74, 6) is 0.682. The Morgan fingerprint density at radius 3 is 2.46 bits per heavy atom. The number of carbonyl (C=O) groups excluding carboxylic acids is 1. The lowest BCUT2D eigenvalue weighted by Gasteiger charge is -2.25. The van der Waals surface area contributed by atoms with Gasteiger partial charge in [-0.15, -0.1) is 0 Å². The Morgan fingerprint density at radius 2 is 1.79 bits per heavy atom. The van der Waals surface area contributed by atoms with Gasteiger partial charge in [0.05, 0.1) is 42.7 Å². The molecule has 2 heterocycles. The maximum absolute atomic E-state index is 14.0. The average Bonchev–Trinajstić information content (AvgIpc) is 3.27. The normalized spacial score (nSPS) is 15.0. The smallest absolute Gasteiger partial charge is 0.338 e. The fourth-order valence-electron chi connectivity index (χ4n) is 4.49. The van der Waals surface area contributed by atoms with Crippen LogP contribution in [-0.4, -0.2) is 31.4 Å². The molecule has 0 bridgehead atoms. The second kappa shape index (κ2) is 11.3. The van der Waals surface area contributed by atoms with Crippen molar-refractivity contribution in [1.82, 2.24) is 4.57 Å². The van der Waals surface area contributed by atoms with E-state index in [-0.39, 0.29) is 17.7 Å². The summed E-state index contributed by atoms with van der Waals surface area (Å²) in [7, 11) is 3.15. The van der Waals surface area contributed by atoms with Gasteiger partial charge in [0.15, 0.2) is 4.80 Å². The van der Waals surface area contributed by atoms with Gasteiger partial charge in [0.25, 0.3) is 5.56 Å². The van der Waals surface area contributed by atoms with E-state index in [4.69, 9.17) is 30.8 Å². The fraction of sp³-hybridized carbons (Fsp3) is 0.167. The largest absolute Gasteiger partial charge is 0.497 e. The summed E-state index contributed by atoms with van der Waals surface area (Å²) in [5, 5.41) is 0.543. The average molecular weight is 561 g/mol. The summed E-state index contributed by atoms with van der Waals surface area (Å²) in [6.45, 7) is 1.92. The first kappa shape index (κ1) is 26.5. The maximum atomic E-state index is 14.0. The minimum Gasteiger partial charge on any atom is -0.497 e. The van der Waals surface area contributed by atoms with Crippen molar-refractivity contribution in [1.29, 1.82) is 0 Å². The Hall–Kier alpha value is -4.14. The van der Waals surface area contributed by atoms with Crippen molar-refractivity contribution in [2.24, 2.45) is 4.99 Å². The van der Waals surface area contributed by atoms with Crippen LogP contribution < -0.4 is 24.4 Å². The van der Waals surface area contributed by atoms with Crippen LogP contribution >= 0.6 is 22.9 Å². The third-order valence-corrected chi connectivity index (χ3v) is 7.52. The van der Waals surface area contributed by atoms with Crippen molar-refractivity contribution in [3.8, 4) is 11.5 Å². The van der Waals surface area contributed by atoms with E-state index in [2.05, 4.69) is 0 Å². The quantitative estimate of drug-likeness (QED) is 0.309. The van der Waals surface area contributed by atoms with Crippen molar-refractivity contribution >= 4 is 40.7 Å². The van der Waals surface area contributed by atoms with Crippen molar-refractivity contribution in [2.75, 3.05) is 20.8 Å². The van der Waals surface area contributed by atoms with Crippen molar-refractivity contribution in [3.63, 3.8) is 0 Å². The molecule has 0 amide bonds. The van der Waals surface area contributed by atoms with Crippen LogP contribution in [0.2, 0.25) is 5.02 Å². The molecule has 7 nitrogen and oxygen atoms in total. The number of rotatable bonds is 7. The third-order valence-electron chi connectivity index (χ3n) is 6.28. The van der Waals surface area contributed by atoms with Gasteiger partial charge in [0, 0.05) is 16.1 Å². The highest BCUT2D eigenvalue weighted by atomic mass is 35.5. The van der Waals surface area contributed by atoms with Gasteiger partial charge in [0.2, 0.25) is 0 Å². The van der Waals surface area contributed by atoms with Gasteiger partial charge in [-0.3, -0.25) is 9.36 Å². The molecule has 1 aliphatic heterocycles. The van der Waals surface area contributed by atoms with Crippen molar-refractivity contribution in [3.05, 3.63) is 120 Å². The number of benzene rings is 3. The SMILES string of the molecule is CCOC(=O)C1=C(c2ccccc2)N=c2s/c(=C\c3cc(OC)ccc3OC)c(=O)n2C1c1ccc(Cl)cc1. The molecule has 0 saturated heterocycles. The molecule has 198 valence electrons. The van der Waals surface area contributed by atoms with E-state index in [9.17, 15) is 9.59 Å². The number of fused-ring (bicyclic) bond motifs is 1. The molecule has 5 rings (SSSR count). The lowest BCUT2D eigenvalue weighted by Crippen LogP contribution is -2.40. The monoisotopic (exact) mass is 560 g/mol. The molecule has 9 heteroatoms. The van der Waals surface area contributed by atoms with E-state index in [0.29, 0.717) is 42.7 Å². The number of hydrogen-bond acceptors (Lipinski definition) is 7. The second-order valence-corrected chi connectivity index (χ2v) is 10.0. The van der Waals surface area contributed by atoms with Crippen LogP contribution in [0, 0.1) is 0 Å². The van der Waals surface area contributed by atoms with Crippen LogP contribution in [0.5, 0.6) is 11.5 Å². The number of hydrogen-bond donors (Lipinski definition) is 0. The summed E-state index contributed by atoms with van der Waals surface area (Å²) in [5.41, 5.74) is 2.57. The van der Waals surface area contributed by atoms with E-state index < -0.39 is 12.0 Å². The lowest BCUT2D eigenvalue weighted by atomic mass is 9.93. The van der Waals surface area contributed by atoms with Crippen molar-refractivity contribution in [2.45, 2.75) is 13.0 Å². The third kappa shape index (κ3) is 5.13. The van der Waals surface area contributed by atoms with E-state index >= 15 is 0 Å². The van der Waals surface area contributed by atoms with Crippen molar-refractivity contribution < 1.29 is 19.0 Å². The van der Waals surface area contributed by atoms with Gasteiger partial charge in [-0.2, -0.15) is 0 Å². The number of thiazole rings is 1. The number of esters is 1. The van der Waals surface area contributed by atoms with E-state index in [0.717, 1.165) is 5.56 Å². The molecule has 39 heavy (non-hydrogen) atoms. The molecule has 0 aliphatic carbocycles. The topological polar surface area (TPSA) is 79.1 Å². The number of halogens is 1. The zero-order valence-electron chi connectivity index (χ0n) is 21.5. The van der Waals surface area contributed by atoms with Crippen LogP contribution in [0.3, 0.4) is 0 Å². The van der Waals surface area contributed by atoms with Gasteiger partial charge in [-0.1, -0.05) is 65.4 Å². The molecular formula is C30H25ClN2O5S. The summed E-state index contributed by atoms with van der Waals surface area (Å²) >= 11 is 7.42.